The highest BCUT2D eigenvalue weighted by Gasteiger charge is 2.12. The van der Waals surface area contributed by atoms with Gasteiger partial charge in [0.2, 0.25) is 0 Å². The van der Waals surface area contributed by atoms with E-state index in [4.69, 9.17) is 9.84 Å². The van der Waals surface area contributed by atoms with Crippen molar-refractivity contribution in [2.75, 3.05) is 6.61 Å². The van der Waals surface area contributed by atoms with Gasteiger partial charge >= 0.3 is 0 Å². The van der Waals surface area contributed by atoms with Gasteiger partial charge in [0.1, 0.15) is 5.75 Å². The number of aliphatic hydroxyl groups excluding tert-OH is 1. The third-order valence-electron chi connectivity index (χ3n) is 2.76. The van der Waals surface area contributed by atoms with Crippen LogP contribution in [0.4, 0.5) is 0 Å². The van der Waals surface area contributed by atoms with Crippen molar-refractivity contribution in [3.8, 4) is 5.75 Å². The molecule has 1 aromatic carbocycles. The van der Waals surface area contributed by atoms with Crippen LogP contribution in [0.2, 0.25) is 0 Å². The highest BCUT2D eigenvalue weighted by molar-refractivity contribution is 5.31. The SMILES string of the molecule is CC(O)CCCOc1ccc(C(C)(C)C)cc1. The zero-order valence-corrected chi connectivity index (χ0v) is 11.4. The molecule has 0 fully saturated rings. The molecule has 2 heteroatoms. The quantitative estimate of drug-likeness (QED) is 0.793. The summed E-state index contributed by atoms with van der Waals surface area (Å²) in [5.41, 5.74) is 1.50. The van der Waals surface area contributed by atoms with Crippen molar-refractivity contribution < 1.29 is 9.84 Å². The zero-order chi connectivity index (χ0) is 12.9. The van der Waals surface area contributed by atoms with E-state index in [2.05, 4.69) is 32.9 Å². The van der Waals surface area contributed by atoms with Crippen LogP contribution in [0.15, 0.2) is 24.3 Å². The minimum atomic E-state index is -0.234. The number of ether oxygens (including phenoxy) is 1. The van der Waals surface area contributed by atoms with E-state index in [0.717, 1.165) is 18.6 Å². The van der Waals surface area contributed by atoms with Gasteiger partial charge in [-0.15, -0.1) is 0 Å². The molecule has 0 aromatic heterocycles. The highest BCUT2D eigenvalue weighted by atomic mass is 16.5. The number of benzene rings is 1. The first-order chi connectivity index (χ1) is 7.89. The van der Waals surface area contributed by atoms with Gasteiger partial charge in [0.25, 0.3) is 0 Å². The van der Waals surface area contributed by atoms with Crippen LogP contribution < -0.4 is 4.74 Å². The predicted molar refractivity (Wildman–Crippen MR) is 71.6 cm³/mol. The standard InChI is InChI=1S/C15H24O2/c1-12(16)6-5-11-17-14-9-7-13(8-10-14)15(2,3)4/h7-10,12,16H,5-6,11H2,1-4H3. The fourth-order valence-corrected chi connectivity index (χ4v) is 1.62. The van der Waals surface area contributed by atoms with E-state index in [1.165, 1.54) is 5.56 Å². The maximum absolute atomic E-state index is 9.12. The van der Waals surface area contributed by atoms with Gasteiger partial charge in [-0.25, -0.2) is 0 Å². The lowest BCUT2D eigenvalue weighted by molar-refractivity contribution is 0.170. The molecule has 0 bridgehead atoms. The largest absolute Gasteiger partial charge is 0.494 e. The van der Waals surface area contributed by atoms with E-state index in [0.29, 0.717) is 6.61 Å². The summed E-state index contributed by atoms with van der Waals surface area (Å²) in [6.45, 7) is 9.07. The molecule has 1 atom stereocenters. The molecule has 1 rings (SSSR count). The maximum atomic E-state index is 9.12. The van der Waals surface area contributed by atoms with Gasteiger partial charge in [-0.2, -0.15) is 0 Å². The van der Waals surface area contributed by atoms with E-state index in [1.807, 2.05) is 12.1 Å². The van der Waals surface area contributed by atoms with Crippen molar-refractivity contribution in [2.45, 2.75) is 52.1 Å². The van der Waals surface area contributed by atoms with Crippen LogP contribution in [-0.2, 0) is 5.41 Å². The second-order valence-electron chi connectivity index (χ2n) is 5.61. The molecule has 0 spiro atoms. The van der Waals surface area contributed by atoms with Crippen LogP contribution in [-0.4, -0.2) is 17.8 Å². The van der Waals surface area contributed by atoms with E-state index < -0.39 is 0 Å². The summed E-state index contributed by atoms with van der Waals surface area (Å²) in [6, 6.07) is 8.26. The average Bonchev–Trinajstić information content (AvgIpc) is 2.23. The first-order valence-electron chi connectivity index (χ1n) is 6.31. The Kier molecular flexibility index (Phi) is 5.01. The normalized spacial score (nSPS) is 13.5. The summed E-state index contributed by atoms with van der Waals surface area (Å²) in [6.07, 6.45) is 1.44. The van der Waals surface area contributed by atoms with Crippen molar-refractivity contribution >= 4 is 0 Å². The minimum Gasteiger partial charge on any atom is -0.494 e. The van der Waals surface area contributed by atoms with Crippen LogP contribution in [0.1, 0.15) is 46.1 Å². The molecule has 0 radical (unpaired) electrons. The summed E-state index contributed by atoms with van der Waals surface area (Å²) in [4.78, 5) is 0. The molecule has 0 amide bonds. The molecule has 0 saturated heterocycles. The van der Waals surface area contributed by atoms with Crippen molar-refractivity contribution in [3.05, 3.63) is 29.8 Å². The smallest absolute Gasteiger partial charge is 0.119 e. The molecule has 1 N–H and O–H groups in total. The summed E-state index contributed by atoms with van der Waals surface area (Å²) < 4.78 is 5.61. The van der Waals surface area contributed by atoms with Gasteiger partial charge < -0.3 is 9.84 Å². The first-order valence-corrected chi connectivity index (χ1v) is 6.31. The van der Waals surface area contributed by atoms with Crippen LogP contribution in [0, 0.1) is 0 Å². The lowest BCUT2D eigenvalue weighted by Gasteiger charge is -2.19. The average molecular weight is 236 g/mol. The fraction of sp³-hybridized carbons (Fsp3) is 0.600. The molecular formula is C15H24O2. The summed E-state index contributed by atoms with van der Waals surface area (Å²) in [5.74, 6) is 0.906. The lowest BCUT2D eigenvalue weighted by Crippen LogP contribution is -2.10. The maximum Gasteiger partial charge on any atom is 0.119 e. The Morgan fingerprint density at radius 3 is 2.24 bits per heavy atom. The molecule has 2 nitrogen and oxygen atoms in total. The Morgan fingerprint density at radius 1 is 1.18 bits per heavy atom. The Balaban J connectivity index is 2.41. The summed E-state index contributed by atoms with van der Waals surface area (Å²) in [7, 11) is 0. The summed E-state index contributed by atoms with van der Waals surface area (Å²) >= 11 is 0. The van der Waals surface area contributed by atoms with Crippen molar-refractivity contribution in [1.29, 1.82) is 0 Å². The zero-order valence-electron chi connectivity index (χ0n) is 11.4. The van der Waals surface area contributed by atoms with Crippen molar-refractivity contribution in [2.24, 2.45) is 0 Å². The topological polar surface area (TPSA) is 29.5 Å². The number of aliphatic hydroxyl groups is 1. The number of hydrogen-bond donors (Lipinski definition) is 1. The van der Waals surface area contributed by atoms with Gasteiger partial charge in [-0.1, -0.05) is 32.9 Å². The van der Waals surface area contributed by atoms with E-state index >= 15 is 0 Å². The Morgan fingerprint density at radius 2 is 1.76 bits per heavy atom. The molecule has 0 saturated carbocycles. The molecule has 1 aromatic rings. The van der Waals surface area contributed by atoms with Crippen LogP contribution in [0.5, 0.6) is 5.75 Å². The Hall–Kier alpha value is -1.02. The third-order valence-corrected chi connectivity index (χ3v) is 2.76. The van der Waals surface area contributed by atoms with E-state index in [-0.39, 0.29) is 11.5 Å². The molecule has 0 heterocycles. The van der Waals surface area contributed by atoms with Gasteiger partial charge in [-0.3, -0.25) is 0 Å². The van der Waals surface area contributed by atoms with Gasteiger partial charge in [0, 0.05) is 0 Å². The minimum absolute atomic E-state index is 0.185. The molecule has 0 aliphatic heterocycles. The number of hydrogen-bond acceptors (Lipinski definition) is 2. The van der Waals surface area contributed by atoms with Crippen LogP contribution in [0.3, 0.4) is 0 Å². The van der Waals surface area contributed by atoms with E-state index in [1.54, 1.807) is 6.92 Å². The van der Waals surface area contributed by atoms with Crippen molar-refractivity contribution in [1.82, 2.24) is 0 Å². The third kappa shape index (κ3) is 5.22. The second-order valence-corrected chi connectivity index (χ2v) is 5.61. The van der Waals surface area contributed by atoms with Crippen LogP contribution in [0.25, 0.3) is 0 Å². The Labute approximate surface area is 105 Å². The molecular weight excluding hydrogens is 212 g/mol. The van der Waals surface area contributed by atoms with E-state index in [9.17, 15) is 0 Å². The molecule has 0 aliphatic rings. The molecule has 96 valence electrons. The van der Waals surface area contributed by atoms with Crippen LogP contribution >= 0.6 is 0 Å². The molecule has 1 unspecified atom stereocenters. The van der Waals surface area contributed by atoms with Crippen molar-refractivity contribution in [3.63, 3.8) is 0 Å². The van der Waals surface area contributed by atoms with Gasteiger partial charge in [0.15, 0.2) is 0 Å². The number of rotatable bonds is 5. The second kappa shape index (κ2) is 6.06. The Bertz CT molecular complexity index is 320. The summed E-state index contributed by atoms with van der Waals surface area (Å²) in [5, 5.41) is 9.12. The lowest BCUT2D eigenvalue weighted by atomic mass is 9.87. The fourth-order valence-electron chi connectivity index (χ4n) is 1.62. The van der Waals surface area contributed by atoms with Gasteiger partial charge in [0.05, 0.1) is 12.7 Å². The van der Waals surface area contributed by atoms with Gasteiger partial charge in [-0.05, 0) is 42.9 Å². The molecule has 0 aliphatic carbocycles. The molecule has 17 heavy (non-hydrogen) atoms. The predicted octanol–water partition coefficient (Wildman–Crippen LogP) is 3.52. The monoisotopic (exact) mass is 236 g/mol. The highest BCUT2D eigenvalue weighted by Crippen LogP contribution is 2.24. The first kappa shape index (κ1) is 14.0.